The third kappa shape index (κ3) is 4.80. The van der Waals surface area contributed by atoms with Crippen LogP contribution in [0.1, 0.15) is 20.3 Å². The van der Waals surface area contributed by atoms with Gasteiger partial charge in [0.25, 0.3) is 5.91 Å². The van der Waals surface area contributed by atoms with E-state index in [-0.39, 0.29) is 53.1 Å². The predicted molar refractivity (Wildman–Crippen MR) is 114 cm³/mol. The van der Waals surface area contributed by atoms with E-state index in [1.54, 1.807) is 0 Å². The predicted octanol–water partition coefficient (Wildman–Crippen LogP) is 3.07. The molecule has 3 N–H and O–H groups in total. The lowest BCUT2D eigenvalue weighted by Crippen LogP contribution is -2.43. The van der Waals surface area contributed by atoms with E-state index < -0.39 is 5.91 Å². The number of hydrogen-bond donors (Lipinski definition) is 3. The molecular formula is C23H25NO6. The second-order valence-corrected chi connectivity index (χ2v) is 7.19. The number of fused-ring (bicyclic) bond motifs is 1. The molecule has 7 nitrogen and oxygen atoms in total. The van der Waals surface area contributed by atoms with E-state index in [9.17, 15) is 19.8 Å². The summed E-state index contributed by atoms with van der Waals surface area (Å²) in [7, 11) is 0. The summed E-state index contributed by atoms with van der Waals surface area (Å²) in [6, 6.07) is 12.8. The molecule has 2 atom stereocenters. The summed E-state index contributed by atoms with van der Waals surface area (Å²) in [6.45, 7) is 3.45. The van der Waals surface area contributed by atoms with Gasteiger partial charge in [-0.3, -0.25) is 9.59 Å². The van der Waals surface area contributed by atoms with Gasteiger partial charge < -0.3 is 24.7 Å². The average molecular weight is 411 g/mol. The van der Waals surface area contributed by atoms with Gasteiger partial charge in [-0.2, -0.15) is 0 Å². The highest BCUT2D eigenvalue weighted by atomic mass is 16.5. The van der Waals surface area contributed by atoms with E-state index in [2.05, 4.69) is 5.32 Å². The van der Waals surface area contributed by atoms with Gasteiger partial charge in [0.05, 0.1) is 12.6 Å². The highest BCUT2D eigenvalue weighted by Crippen LogP contribution is 2.31. The molecule has 0 unspecified atom stereocenters. The number of nitrogens with one attached hydrogen (secondary N) is 1. The Kier molecular flexibility index (Phi) is 6.74. The van der Waals surface area contributed by atoms with Crippen molar-refractivity contribution in [2.75, 3.05) is 13.2 Å². The summed E-state index contributed by atoms with van der Waals surface area (Å²) in [6.07, 6.45) is 0.813. The fraction of sp³-hybridized carbons (Fsp3) is 0.304. The molecule has 0 fully saturated rings. The molecular weight excluding hydrogens is 386 g/mol. The first-order valence-electron chi connectivity index (χ1n) is 9.82. The van der Waals surface area contributed by atoms with Crippen LogP contribution >= 0.6 is 0 Å². The van der Waals surface area contributed by atoms with Crippen molar-refractivity contribution in [1.29, 1.82) is 0 Å². The zero-order chi connectivity index (χ0) is 21.7. The molecule has 0 aliphatic heterocycles. The van der Waals surface area contributed by atoms with Crippen molar-refractivity contribution in [2.45, 2.75) is 26.3 Å². The van der Waals surface area contributed by atoms with Gasteiger partial charge in [-0.25, -0.2) is 0 Å². The standard InChI is InChI=1S/C23H25NO6/c1-3-14(2)17(12-25)24-22(28)13-29-16-9-18(26)23-19(27)11-20(30-21(23)10-16)15-7-5-4-6-8-15/h4-11,14,17,25-26H,3,12-13H2,1-2H3,(H,24,28)/t14-,17-/m0/s1. The minimum atomic E-state index is -0.395. The lowest BCUT2D eigenvalue weighted by Gasteiger charge is -2.22. The van der Waals surface area contributed by atoms with Crippen LogP contribution in [0.3, 0.4) is 0 Å². The van der Waals surface area contributed by atoms with Crippen LogP contribution in [0.15, 0.2) is 57.7 Å². The molecule has 2 aromatic carbocycles. The van der Waals surface area contributed by atoms with Crippen LogP contribution in [0.25, 0.3) is 22.3 Å². The number of carbonyl (C=O) groups excluding carboxylic acids is 1. The summed E-state index contributed by atoms with van der Waals surface area (Å²) < 4.78 is 11.3. The molecule has 7 heteroatoms. The van der Waals surface area contributed by atoms with E-state index in [0.29, 0.717) is 5.76 Å². The number of ether oxygens (including phenoxy) is 1. The molecule has 0 aliphatic rings. The van der Waals surface area contributed by atoms with Crippen molar-refractivity contribution in [1.82, 2.24) is 5.32 Å². The molecule has 1 amide bonds. The number of rotatable bonds is 8. The van der Waals surface area contributed by atoms with Crippen LogP contribution in [0.4, 0.5) is 0 Å². The summed E-state index contributed by atoms with van der Waals surface area (Å²) in [5.41, 5.74) is 0.502. The summed E-state index contributed by atoms with van der Waals surface area (Å²) in [5, 5.41) is 22.5. The van der Waals surface area contributed by atoms with Crippen molar-refractivity contribution < 1.29 is 24.2 Å². The Morgan fingerprint density at radius 3 is 2.60 bits per heavy atom. The SMILES string of the molecule is CC[C@H](C)[C@H](CO)NC(=O)COc1cc(O)c2c(=O)cc(-c3ccccc3)oc2c1. The quantitative estimate of drug-likeness (QED) is 0.526. The van der Waals surface area contributed by atoms with E-state index >= 15 is 0 Å². The average Bonchev–Trinajstić information content (AvgIpc) is 2.75. The zero-order valence-corrected chi connectivity index (χ0v) is 16.9. The van der Waals surface area contributed by atoms with E-state index in [0.717, 1.165) is 12.0 Å². The van der Waals surface area contributed by atoms with Gasteiger partial charge in [-0.15, -0.1) is 0 Å². The molecule has 30 heavy (non-hydrogen) atoms. The maximum absolute atomic E-state index is 12.5. The van der Waals surface area contributed by atoms with E-state index in [1.807, 2.05) is 44.2 Å². The Balaban J connectivity index is 1.82. The number of amides is 1. The van der Waals surface area contributed by atoms with Crippen molar-refractivity contribution in [2.24, 2.45) is 5.92 Å². The van der Waals surface area contributed by atoms with Gasteiger partial charge in [0, 0.05) is 23.8 Å². The van der Waals surface area contributed by atoms with Gasteiger partial charge in [-0.05, 0) is 5.92 Å². The third-order valence-electron chi connectivity index (χ3n) is 5.09. The maximum atomic E-state index is 12.5. The Morgan fingerprint density at radius 1 is 1.20 bits per heavy atom. The van der Waals surface area contributed by atoms with Crippen LogP contribution in [-0.4, -0.2) is 35.4 Å². The number of hydrogen-bond acceptors (Lipinski definition) is 6. The Morgan fingerprint density at radius 2 is 1.93 bits per heavy atom. The zero-order valence-electron chi connectivity index (χ0n) is 16.9. The van der Waals surface area contributed by atoms with Crippen LogP contribution in [0, 0.1) is 5.92 Å². The molecule has 0 saturated carbocycles. The number of aliphatic hydroxyl groups excluding tert-OH is 1. The van der Waals surface area contributed by atoms with Crippen LogP contribution in [0.2, 0.25) is 0 Å². The van der Waals surface area contributed by atoms with Crippen molar-refractivity contribution >= 4 is 16.9 Å². The molecule has 0 bridgehead atoms. The molecule has 0 spiro atoms. The summed E-state index contributed by atoms with van der Waals surface area (Å²) in [5.74, 6) is -0.0128. The van der Waals surface area contributed by atoms with Crippen molar-refractivity contribution in [3.8, 4) is 22.8 Å². The van der Waals surface area contributed by atoms with Gasteiger partial charge in [-0.1, -0.05) is 50.6 Å². The van der Waals surface area contributed by atoms with Crippen molar-refractivity contribution in [3.05, 3.63) is 58.8 Å². The minimum Gasteiger partial charge on any atom is -0.507 e. The molecule has 0 aliphatic carbocycles. The molecule has 0 radical (unpaired) electrons. The lowest BCUT2D eigenvalue weighted by molar-refractivity contribution is -0.124. The summed E-state index contributed by atoms with van der Waals surface area (Å²) in [4.78, 5) is 24.6. The lowest BCUT2D eigenvalue weighted by atomic mass is 10.00. The summed E-state index contributed by atoms with van der Waals surface area (Å²) >= 11 is 0. The fourth-order valence-corrected chi connectivity index (χ4v) is 3.12. The Labute approximate surface area is 173 Å². The van der Waals surface area contributed by atoms with E-state index in [4.69, 9.17) is 9.15 Å². The molecule has 3 rings (SSSR count). The second kappa shape index (κ2) is 9.45. The topological polar surface area (TPSA) is 109 Å². The number of phenolic OH excluding ortho intramolecular Hbond substituents is 1. The van der Waals surface area contributed by atoms with Gasteiger partial charge in [0.2, 0.25) is 0 Å². The molecule has 1 aromatic heterocycles. The normalized spacial score (nSPS) is 13.0. The van der Waals surface area contributed by atoms with E-state index in [1.165, 1.54) is 18.2 Å². The Hall–Kier alpha value is -3.32. The molecule has 1 heterocycles. The number of phenols is 1. The van der Waals surface area contributed by atoms with Gasteiger partial charge >= 0.3 is 0 Å². The number of benzene rings is 2. The molecule has 3 aromatic rings. The van der Waals surface area contributed by atoms with Crippen LogP contribution in [-0.2, 0) is 4.79 Å². The first-order chi connectivity index (χ1) is 14.4. The highest BCUT2D eigenvalue weighted by Gasteiger charge is 2.18. The van der Waals surface area contributed by atoms with Gasteiger partial charge in [0.15, 0.2) is 12.0 Å². The van der Waals surface area contributed by atoms with Crippen LogP contribution < -0.4 is 15.5 Å². The fourth-order valence-electron chi connectivity index (χ4n) is 3.12. The number of aliphatic hydroxyl groups is 1. The van der Waals surface area contributed by atoms with Crippen LogP contribution in [0.5, 0.6) is 11.5 Å². The first-order valence-corrected chi connectivity index (χ1v) is 9.82. The number of aromatic hydroxyl groups is 1. The smallest absolute Gasteiger partial charge is 0.258 e. The first kappa shape index (κ1) is 21.4. The molecule has 0 saturated heterocycles. The minimum absolute atomic E-state index is 0.0450. The third-order valence-corrected chi connectivity index (χ3v) is 5.09. The maximum Gasteiger partial charge on any atom is 0.258 e. The number of carbonyl (C=O) groups is 1. The second-order valence-electron chi connectivity index (χ2n) is 7.19. The largest absolute Gasteiger partial charge is 0.507 e. The van der Waals surface area contributed by atoms with Gasteiger partial charge in [0.1, 0.15) is 28.2 Å². The monoisotopic (exact) mass is 411 g/mol. The highest BCUT2D eigenvalue weighted by molar-refractivity contribution is 5.86. The molecule has 158 valence electrons. The Bertz CT molecular complexity index is 1080. The van der Waals surface area contributed by atoms with Crippen molar-refractivity contribution in [3.63, 3.8) is 0 Å².